The minimum Gasteiger partial charge on any atom is -0.496 e. The third-order valence-electron chi connectivity index (χ3n) is 4.77. The number of nitrogens with two attached hydrogens (primary N) is 1. The van der Waals surface area contributed by atoms with E-state index in [-0.39, 0.29) is 17.8 Å². The van der Waals surface area contributed by atoms with Gasteiger partial charge in [-0.2, -0.15) is 4.98 Å². The molecule has 1 heterocycles. The van der Waals surface area contributed by atoms with E-state index in [4.69, 9.17) is 15.0 Å². The lowest BCUT2D eigenvalue weighted by molar-refractivity contribution is 0.295. The molecule has 0 saturated heterocycles. The SMILES string of the molecule is COc1ccccc1CC(C)(C)c1nc(C2(N)CCCC2)no1.Cl. The molecule has 0 amide bonds. The van der Waals surface area contributed by atoms with Crippen molar-refractivity contribution in [2.24, 2.45) is 5.73 Å². The van der Waals surface area contributed by atoms with Crippen LogP contribution in [0.25, 0.3) is 0 Å². The van der Waals surface area contributed by atoms with E-state index in [0.29, 0.717) is 11.7 Å². The summed E-state index contributed by atoms with van der Waals surface area (Å²) in [6.07, 6.45) is 4.88. The Labute approximate surface area is 149 Å². The van der Waals surface area contributed by atoms with Crippen molar-refractivity contribution in [2.45, 2.75) is 56.9 Å². The van der Waals surface area contributed by atoms with Gasteiger partial charge < -0.3 is 15.0 Å². The zero-order valence-corrected chi connectivity index (χ0v) is 15.4. The molecule has 0 bridgehead atoms. The molecule has 1 aromatic heterocycles. The van der Waals surface area contributed by atoms with Gasteiger partial charge in [0, 0.05) is 5.41 Å². The number of benzene rings is 1. The molecule has 132 valence electrons. The van der Waals surface area contributed by atoms with Crippen LogP contribution in [-0.2, 0) is 17.4 Å². The molecule has 24 heavy (non-hydrogen) atoms. The fourth-order valence-electron chi connectivity index (χ4n) is 3.33. The Kier molecular flexibility index (Phi) is 5.56. The number of rotatable bonds is 5. The van der Waals surface area contributed by atoms with Crippen molar-refractivity contribution in [2.75, 3.05) is 7.11 Å². The zero-order valence-electron chi connectivity index (χ0n) is 14.5. The molecule has 0 radical (unpaired) electrons. The van der Waals surface area contributed by atoms with Gasteiger partial charge in [-0.3, -0.25) is 0 Å². The highest BCUT2D eigenvalue weighted by atomic mass is 35.5. The molecule has 2 aromatic rings. The molecule has 0 unspecified atom stereocenters. The molecule has 0 aliphatic heterocycles. The first-order chi connectivity index (χ1) is 10.9. The third-order valence-corrected chi connectivity index (χ3v) is 4.77. The first kappa shape index (κ1) is 18.7. The van der Waals surface area contributed by atoms with E-state index < -0.39 is 5.54 Å². The lowest BCUT2D eigenvalue weighted by Gasteiger charge is -2.21. The first-order valence-electron chi connectivity index (χ1n) is 8.20. The summed E-state index contributed by atoms with van der Waals surface area (Å²) in [7, 11) is 1.69. The van der Waals surface area contributed by atoms with Gasteiger partial charge in [-0.15, -0.1) is 12.4 Å². The van der Waals surface area contributed by atoms with Gasteiger partial charge in [0.25, 0.3) is 0 Å². The predicted molar refractivity (Wildman–Crippen MR) is 95.6 cm³/mol. The second-order valence-electron chi connectivity index (χ2n) is 7.16. The van der Waals surface area contributed by atoms with Gasteiger partial charge in [0.1, 0.15) is 5.75 Å². The fourth-order valence-corrected chi connectivity index (χ4v) is 3.33. The second-order valence-corrected chi connectivity index (χ2v) is 7.16. The van der Waals surface area contributed by atoms with Gasteiger partial charge in [0.2, 0.25) is 5.89 Å². The maximum Gasteiger partial charge on any atom is 0.232 e. The van der Waals surface area contributed by atoms with Crippen LogP contribution < -0.4 is 10.5 Å². The Balaban J connectivity index is 0.00000208. The lowest BCUT2D eigenvalue weighted by Crippen LogP contribution is -2.34. The smallest absolute Gasteiger partial charge is 0.232 e. The molecule has 6 heteroatoms. The van der Waals surface area contributed by atoms with E-state index in [2.05, 4.69) is 30.1 Å². The Morgan fingerprint density at radius 1 is 1.25 bits per heavy atom. The number of hydrogen-bond acceptors (Lipinski definition) is 5. The van der Waals surface area contributed by atoms with Crippen LogP contribution in [0.15, 0.2) is 28.8 Å². The van der Waals surface area contributed by atoms with E-state index in [0.717, 1.165) is 43.4 Å². The van der Waals surface area contributed by atoms with Crippen molar-refractivity contribution < 1.29 is 9.26 Å². The minimum absolute atomic E-state index is 0. The molecule has 1 fully saturated rings. The summed E-state index contributed by atoms with van der Waals surface area (Å²) in [6.45, 7) is 4.21. The van der Waals surface area contributed by atoms with Crippen LogP contribution >= 0.6 is 12.4 Å². The molecule has 1 aliphatic carbocycles. The van der Waals surface area contributed by atoms with E-state index in [1.54, 1.807) is 7.11 Å². The number of para-hydroxylation sites is 1. The highest BCUT2D eigenvalue weighted by molar-refractivity contribution is 5.85. The topological polar surface area (TPSA) is 74.2 Å². The molecule has 1 aromatic carbocycles. The Morgan fingerprint density at radius 2 is 1.92 bits per heavy atom. The fraction of sp³-hybridized carbons (Fsp3) is 0.556. The molecular formula is C18H26ClN3O2. The summed E-state index contributed by atoms with van der Waals surface area (Å²) in [5.41, 5.74) is 6.86. The van der Waals surface area contributed by atoms with Gasteiger partial charge in [-0.05, 0) is 30.9 Å². The standard InChI is InChI=1S/C18H25N3O2.ClH/c1-17(2,12-13-8-4-5-9-14(13)22-3)16-20-15(21-23-16)18(19)10-6-7-11-18;/h4-5,8-9H,6-7,10-12,19H2,1-3H3;1H. The summed E-state index contributed by atoms with van der Waals surface area (Å²) in [5.74, 6) is 2.17. The van der Waals surface area contributed by atoms with E-state index in [9.17, 15) is 0 Å². The van der Waals surface area contributed by atoms with Gasteiger partial charge >= 0.3 is 0 Å². The van der Waals surface area contributed by atoms with Gasteiger partial charge in [0.15, 0.2) is 5.82 Å². The van der Waals surface area contributed by atoms with Crippen LogP contribution in [0.5, 0.6) is 5.75 Å². The quantitative estimate of drug-likeness (QED) is 0.887. The Hall–Kier alpha value is -1.59. The number of hydrogen-bond donors (Lipinski definition) is 1. The first-order valence-corrected chi connectivity index (χ1v) is 8.20. The average Bonchev–Trinajstić information content (AvgIpc) is 3.17. The van der Waals surface area contributed by atoms with Crippen LogP contribution in [0, 0.1) is 0 Å². The average molecular weight is 352 g/mol. The molecular weight excluding hydrogens is 326 g/mol. The summed E-state index contributed by atoms with van der Waals surface area (Å²) in [4.78, 5) is 4.64. The number of nitrogens with zero attached hydrogens (tertiary/aromatic N) is 2. The number of halogens is 1. The van der Waals surface area contributed by atoms with Gasteiger partial charge in [-0.1, -0.05) is 50.0 Å². The monoisotopic (exact) mass is 351 g/mol. The Bertz CT molecular complexity index is 678. The van der Waals surface area contributed by atoms with Crippen LogP contribution in [0.3, 0.4) is 0 Å². The van der Waals surface area contributed by atoms with Gasteiger partial charge in [0.05, 0.1) is 12.6 Å². The zero-order chi connectivity index (χ0) is 16.5. The molecule has 3 rings (SSSR count). The summed E-state index contributed by atoms with van der Waals surface area (Å²) in [5, 5.41) is 4.18. The van der Waals surface area contributed by atoms with Crippen molar-refractivity contribution in [3.05, 3.63) is 41.5 Å². The van der Waals surface area contributed by atoms with Crippen LogP contribution in [0.1, 0.15) is 56.8 Å². The maximum absolute atomic E-state index is 6.43. The van der Waals surface area contributed by atoms with Crippen molar-refractivity contribution in [3.63, 3.8) is 0 Å². The largest absolute Gasteiger partial charge is 0.496 e. The van der Waals surface area contributed by atoms with Crippen molar-refractivity contribution >= 4 is 12.4 Å². The molecule has 1 aliphatic rings. The van der Waals surface area contributed by atoms with E-state index in [1.807, 2.05) is 18.2 Å². The molecule has 2 N–H and O–H groups in total. The van der Waals surface area contributed by atoms with Gasteiger partial charge in [-0.25, -0.2) is 0 Å². The second kappa shape index (κ2) is 7.11. The van der Waals surface area contributed by atoms with Crippen molar-refractivity contribution in [3.8, 4) is 5.75 Å². The van der Waals surface area contributed by atoms with Crippen molar-refractivity contribution in [1.82, 2.24) is 10.1 Å². The minimum atomic E-state index is -0.414. The van der Waals surface area contributed by atoms with Crippen LogP contribution in [-0.4, -0.2) is 17.3 Å². The van der Waals surface area contributed by atoms with Crippen LogP contribution in [0.4, 0.5) is 0 Å². The number of methoxy groups -OCH3 is 1. The third kappa shape index (κ3) is 3.57. The van der Waals surface area contributed by atoms with Crippen LogP contribution in [0.2, 0.25) is 0 Å². The summed E-state index contributed by atoms with van der Waals surface area (Å²) < 4.78 is 11.0. The summed E-state index contributed by atoms with van der Waals surface area (Å²) in [6, 6.07) is 8.02. The number of aromatic nitrogens is 2. The molecule has 0 spiro atoms. The van der Waals surface area contributed by atoms with E-state index >= 15 is 0 Å². The highest BCUT2D eigenvalue weighted by Crippen LogP contribution is 2.36. The Morgan fingerprint density at radius 3 is 2.58 bits per heavy atom. The lowest BCUT2D eigenvalue weighted by atomic mass is 9.85. The normalized spacial score (nSPS) is 16.7. The van der Waals surface area contributed by atoms with E-state index in [1.165, 1.54) is 0 Å². The van der Waals surface area contributed by atoms with Crippen molar-refractivity contribution in [1.29, 1.82) is 0 Å². The molecule has 5 nitrogen and oxygen atoms in total. The highest BCUT2D eigenvalue weighted by Gasteiger charge is 2.38. The molecule has 1 saturated carbocycles. The maximum atomic E-state index is 6.43. The number of ether oxygens (including phenoxy) is 1. The molecule has 0 atom stereocenters. The summed E-state index contributed by atoms with van der Waals surface area (Å²) >= 11 is 0. The predicted octanol–water partition coefficient (Wildman–Crippen LogP) is 3.75.